The molecule has 1 aliphatic rings. The SMILES string of the molecule is CCCN1CCC(NC(CC)CCO)CC1. The van der Waals surface area contributed by atoms with E-state index in [-0.39, 0.29) is 0 Å². The summed E-state index contributed by atoms with van der Waals surface area (Å²) in [7, 11) is 0. The van der Waals surface area contributed by atoms with Gasteiger partial charge in [0.15, 0.2) is 0 Å². The highest BCUT2D eigenvalue weighted by atomic mass is 16.3. The molecule has 0 aromatic heterocycles. The number of rotatable bonds is 7. The lowest BCUT2D eigenvalue weighted by atomic mass is 10.0. The summed E-state index contributed by atoms with van der Waals surface area (Å²) in [5, 5.41) is 12.6. The van der Waals surface area contributed by atoms with Crippen LogP contribution in [0.15, 0.2) is 0 Å². The Hall–Kier alpha value is -0.120. The summed E-state index contributed by atoms with van der Waals surface area (Å²) in [5.41, 5.74) is 0. The van der Waals surface area contributed by atoms with Gasteiger partial charge in [-0.25, -0.2) is 0 Å². The minimum absolute atomic E-state index is 0.306. The summed E-state index contributed by atoms with van der Waals surface area (Å²) >= 11 is 0. The molecule has 2 N–H and O–H groups in total. The maximum atomic E-state index is 8.96. The maximum Gasteiger partial charge on any atom is 0.0445 e. The summed E-state index contributed by atoms with van der Waals surface area (Å²) in [4.78, 5) is 2.56. The van der Waals surface area contributed by atoms with E-state index in [4.69, 9.17) is 5.11 Å². The Balaban J connectivity index is 2.20. The molecule has 3 nitrogen and oxygen atoms in total. The monoisotopic (exact) mass is 228 g/mol. The van der Waals surface area contributed by atoms with Crippen LogP contribution in [0, 0.1) is 0 Å². The highest BCUT2D eigenvalue weighted by Gasteiger charge is 2.20. The van der Waals surface area contributed by atoms with E-state index < -0.39 is 0 Å². The van der Waals surface area contributed by atoms with E-state index in [0.29, 0.717) is 18.7 Å². The van der Waals surface area contributed by atoms with Crippen LogP contribution in [0.5, 0.6) is 0 Å². The fraction of sp³-hybridized carbons (Fsp3) is 1.00. The number of nitrogens with one attached hydrogen (secondary N) is 1. The number of nitrogens with zero attached hydrogens (tertiary/aromatic N) is 1. The van der Waals surface area contributed by atoms with Crippen LogP contribution in [0.1, 0.15) is 46.0 Å². The van der Waals surface area contributed by atoms with Crippen LogP contribution in [0.3, 0.4) is 0 Å². The Bertz CT molecular complexity index is 167. The van der Waals surface area contributed by atoms with Gasteiger partial charge in [-0.2, -0.15) is 0 Å². The molecule has 0 amide bonds. The van der Waals surface area contributed by atoms with Crippen molar-refractivity contribution in [2.75, 3.05) is 26.2 Å². The van der Waals surface area contributed by atoms with E-state index in [1.807, 2.05) is 0 Å². The van der Waals surface area contributed by atoms with E-state index in [9.17, 15) is 0 Å². The molecular weight excluding hydrogens is 200 g/mol. The molecule has 16 heavy (non-hydrogen) atoms. The molecule has 1 saturated heterocycles. The molecule has 1 rings (SSSR count). The zero-order chi connectivity index (χ0) is 11.8. The Morgan fingerprint density at radius 3 is 2.50 bits per heavy atom. The van der Waals surface area contributed by atoms with Crippen LogP contribution >= 0.6 is 0 Å². The molecule has 0 radical (unpaired) electrons. The van der Waals surface area contributed by atoms with Gasteiger partial charge in [-0.3, -0.25) is 0 Å². The minimum atomic E-state index is 0.306. The van der Waals surface area contributed by atoms with Crippen molar-refractivity contribution in [1.82, 2.24) is 10.2 Å². The lowest BCUT2D eigenvalue weighted by Crippen LogP contribution is -2.46. The van der Waals surface area contributed by atoms with Crippen LogP contribution < -0.4 is 5.32 Å². The third-order valence-electron chi connectivity index (χ3n) is 3.57. The first-order valence-corrected chi connectivity index (χ1v) is 6.89. The number of hydrogen-bond donors (Lipinski definition) is 2. The van der Waals surface area contributed by atoms with Crippen LogP contribution in [-0.4, -0.2) is 48.3 Å². The highest BCUT2D eigenvalue weighted by molar-refractivity contribution is 4.80. The first-order chi connectivity index (χ1) is 7.80. The lowest BCUT2D eigenvalue weighted by molar-refractivity contribution is 0.182. The average Bonchev–Trinajstić information content (AvgIpc) is 2.31. The van der Waals surface area contributed by atoms with Gasteiger partial charge in [-0.15, -0.1) is 0 Å². The van der Waals surface area contributed by atoms with E-state index in [0.717, 1.165) is 12.8 Å². The summed E-state index contributed by atoms with van der Waals surface area (Å²) in [6.45, 7) is 8.47. The van der Waals surface area contributed by atoms with Crippen LogP contribution in [0.25, 0.3) is 0 Å². The molecule has 1 heterocycles. The topological polar surface area (TPSA) is 35.5 Å². The van der Waals surface area contributed by atoms with E-state index in [2.05, 4.69) is 24.1 Å². The Morgan fingerprint density at radius 2 is 2.00 bits per heavy atom. The van der Waals surface area contributed by atoms with Gasteiger partial charge >= 0.3 is 0 Å². The second-order valence-corrected chi connectivity index (χ2v) is 4.90. The van der Waals surface area contributed by atoms with Crippen molar-refractivity contribution < 1.29 is 5.11 Å². The van der Waals surface area contributed by atoms with Gasteiger partial charge in [0.1, 0.15) is 0 Å². The molecule has 3 heteroatoms. The van der Waals surface area contributed by atoms with Gasteiger partial charge in [0.25, 0.3) is 0 Å². The average molecular weight is 228 g/mol. The van der Waals surface area contributed by atoms with Crippen molar-refractivity contribution >= 4 is 0 Å². The second kappa shape index (κ2) is 8.04. The number of aliphatic hydroxyl groups is 1. The molecule has 1 aliphatic heterocycles. The van der Waals surface area contributed by atoms with Gasteiger partial charge in [0, 0.05) is 18.7 Å². The normalized spacial score (nSPS) is 21.2. The van der Waals surface area contributed by atoms with E-state index >= 15 is 0 Å². The van der Waals surface area contributed by atoms with Gasteiger partial charge in [0.05, 0.1) is 0 Å². The van der Waals surface area contributed by atoms with Crippen molar-refractivity contribution in [3.63, 3.8) is 0 Å². The molecule has 0 aliphatic carbocycles. The highest BCUT2D eigenvalue weighted by Crippen LogP contribution is 2.12. The summed E-state index contributed by atoms with van der Waals surface area (Å²) < 4.78 is 0. The third kappa shape index (κ3) is 4.81. The Morgan fingerprint density at radius 1 is 1.31 bits per heavy atom. The summed E-state index contributed by atoms with van der Waals surface area (Å²) in [5.74, 6) is 0. The van der Waals surface area contributed by atoms with E-state index in [1.54, 1.807) is 0 Å². The molecule has 0 aromatic carbocycles. The molecule has 96 valence electrons. The number of hydrogen-bond acceptors (Lipinski definition) is 3. The quantitative estimate of drug-likeness (QED) is 0.695. The molecule has 0 spiro atoms. The van der Waals surface area contributed by atoms with Gasteiger partial charge in [-0.05, 0) is 51.7 Å². The molecule has 0 aromatic rings. The summed E-state index contributed by atoms with van der Waals surface area (Å²) in [6, 6.07) is 1.18. The Labute approximate surface area is 100 Å². The summed E-state index contributed by atoms with van der Waals surface area (Å²) in [6.07, 6.45) is 5.81. The standard InChI is InChI=1S/C13H28N2O/c1-3-8-15-9-5-13(6-10-15)14-12(4-2)7-11-16/h12-14,16H,3-11H2,1-2H3. The van der Waals surface area contributed by atoms with Crippen molar-refractivity contribution in [2.45, 2.75) is 58.0 Å². The molecule has 0 bridgehead atoms. The molecule has 1 unspecified atom stereocenters. The lowest BCUT2D eigenvalue weighted by Gasteiger charge is -2.34. The van der Waals surface area contributed by atoms with Gasteiger partial charge in [-0.1, -0.05) is 13.8 Å². The van der Waals surface area contributed by atoms with Crippen molar-refractivity contribution in [2.24, 2.45) is 0 Å². The smallest absolute Gasteiger partial charge is 0.0445 e. The zero-order valence-electron chi connectivity index (χ0n) is 10.9. The van der Waals surface area contributed by atoms with Gasteiger partial charge < -0.3 is 15.3 Å². The van der Waals surface area contributed by atoms with Crippen LogP contribution in [-0.2, 0) is 0 Å². The fourth-order valence-electron chi connectivity index (χ4n) is 2.53. The van der Waals surface area contributed by atoms with Crippen LogP contribution in [0.2, 0.25) is 0 Å². The van der Waals surface area contributed by atoms with Gasteiger partial charge in [0.2, 0.25) is 0 Å². The van der Waals surface area contributed by atoms with E-state index in [1.165, 1.54) is 38.9 Å². The predicted octanol–water partition coefficient (Wildman–Crippen LogP) is 1.61. The van der Waals surface area contributed by atoms with Crippen molar-refractivity contribution in [3.05, 3.63) is 0 Å². The van der Waals surface area contributed by atoms with Crippen molar-refractivity contribution in [1.29, 1.82) is 0 Å². The van der Waals surface area contributed by atoms with Crippen LogP contribution in [0.4, 0.5) is 0 Å². The number of likely N-dealkylation sites (tertiary alicyclic amines) is 1. The zero-order valence-corrected chi connectivity index (χ0v) is 10.9. The number of aliphatic hydroxyl groups excluding tert-OH is 1. The Kier molecular flexibility index (Phi) is 7.01. The molecule has 1 fully saturated rings. The fourth-order valence-corrected chi connectivity index (χ4v) is 2.53. The first-order valence-electron chi connectivity index (χ1n) is 6.89. The predicted molar refractivity (Wildman–Crippen MR) is 68.7 cm³/mol. The maximum absolute atomic E-state index is 8.96. The molecule has 0 saturated carbocycles. The second-order valence-electron chi connectivity index (χ2n) is 4.90. The molecule has 1 atom stereocenters. The third-order valence-corrected chi connectivity index (χ3v) is 3.57. The minimum Gasteiger partial charge on any atom is -0.396 e. The molecular formula is C13H28N2O. The van der Waals surface area contributed by atoms with Crippen molar-refractivity contribution in [3.8, 4) is 0 Å². The first kappa shape index (κ1) is 13.9. The number of piperidine rings is 1. The largest absolute Gasteiger partial charge is 0.396 e.